The van der Waals surface area contributed by atoms with Gasteiger partial charge in [0.1, 0.15) is 0 Å². The maximum atomic E-state index is 12.8. The molecule has 0 N–H and O–H groups in total. The Hall–Kier alpha value is -1.33. The minimum Gasteiger partial charge on any atom is -0.265 e. The number of sulfonamides is 1. The Morgan fingerprint density at radius 3 is 2.50 bits per heavy atom. The van der Waals surface area contributed by atoms with Crippen molar-refractivity contribution < 1.29 is 8.42 Å². The van der Waals surface area contributed by atoms with Gasteiger partial charge in [-0.05, 0) is 48.7 Å². The van der Waals surface area contributed by atoms with Crippen LogP contribution in [0.3, 0.4) is 0 Å². The molecule has 2 aromatic rings. The molecule has 3 nitrogen and oxygen atoms in total. The second kappa shape index (κ2) is 4.90. The number of fused-ring (bicyclic) bond motifs is 1. The molecule has 1 heterocycles. The lowest BCUT2D eigenvalue weighted by atomic mass is 10.1. The topological polar surface area (TPSA) is 37.4 Å². The molecule has 0 bridgehead atoms. The van der Waals surface area contributed by atoms with E-state index in [2.05, 4.69) is 15.9 Å². The first kappa shape index (κ1) is 13.6. The lowest BCUT2D eigenvalue weighted by molar-refractivity contribution is 0.592. The van der Waals surface area contributed by atoms with Gasteiger partial charge in [0.25, 0.3) is 10.0 Å². The van der Waals surface area contributed by atoms with Gasteiger partial charge < -0.3 is 0 Å². The molecule has 1 aliphatic heterocycles. The highest BCUT2D eigenvalue weighted by molar-refractivity contribution is 9.10. The van der Waals surface area contributed by atoms with Gasteiger partial charge in [0.15, 0.2) is 0 Å². The van der Waals surface area contributed by atoms with Crippen molar-refractivity contribution >= 4 is 31.6 Å². The molecule has 0 amide bonds. The lowest BCUT2D eigenvalue weighted by Gasteiger charge is -2.21. The molecule has 20 heavy (non-hydrogen) atoms. The van der Waals surface area contributed by atoms with Crippen molar-refractivity contribution in [1.82, 2.24) is 0 Å². The number of nitrogens with zero attached hydrogens (tertiary/aromatic N) is 1. The zero-order chi connectivity index (χ0) is 14.3. The van der Waals surface area contributed by atoms with Crippen LogP contribution in [0, 0.1) is 6.92 Å². The van der Waals surface area contributed by atoms with Crippen LogP contribution in [0.4, 0.5) is 5.69 Å². The monoisotopic (exact) mass is 351 g/mol. The third-order valence-corrected chi connectivity index (χ3v) is 5.90. The van der Waals surface area contributed by atoms with Crippen molar-refractivity contribution in [3.63, 3.8) is 0 Å². The van der Waals surface area contributed by atoms with Gasteiger partial charge in [-0.2, -0.15) is 0 Å². The largest absolute Gasteiger partial charge is 0.265 e. The van der Waals surface area contributed by atoms with Gasteiger partial charge in [-0.25, -0.2) is 8.42 Å². The van der Waals surface area contributed by atoms with Crippen molar-refractivity contribution in [1.29, 1.82) is 0 Å². The number of rotatable bonds is 2. The number of anilines is 1. The predicted molar refractivity (Wildman–Crippen MR) is 83.6 cm³/mol. The van der Waals surface area contributed by atoms with E-state index in [4.69, 9.17) is 0 Å². The molecule has 2 aromatic carbocycles. The Morgan fingerprint density at radius 1 is 1.10 bits per heavy atom. The van der Waals surface area contributed by atoms with E-state index in [1.54, 1.807) is 24.3 Å². The zero-order valence-electron chi connectivity index (χ0n) is 11.0. The van der Waals surface area contributed by atoms with Crippen molar-refractivity contribution in [3.8, 4) is 0 Å². The minimum atomic E-state index is -3.48. The Bertz CT molecular complexity index is 754. The van der Waals surface area contributed by atoms with Crippen LogP contribution in [0.5, 0.6) is 0 Å². The molecule has 0 unspecified atom stereocenters. The summed E-state index contributed by atoms with van der Waals surface area (Å²) in [6, 6.07) is 12.7. The molecular formula is C15H14BrNO2S. The van der Waals surface area contributed by atoms with Crippen LogP contribution in [-0.2, 0) is 16.4 Å². The fourth-order valence-corrected chi connectivity index (χ4v) is 4.42. The number of aryl methyl sites for hydroxylation is 1. The van der Waals surface area contributed by atoms with Crippen LogP contribution >= 0.6 is 15.9 Å². The van der Waals surface area contributed by atoms with Crippen molar-refractivity contribution in [2.75, 3.05) is 10.8 Å². The Labute approximate surface area is 127 Å². The molecule has 0 aromatic heterocycles. The van der Waals surface area contributed by atoms with Gasteiger partial charge in [0.05, 0.1) is 10.6 Å². The van der Waals surface area contributed by atoms with E-state index in [-0.39, 0.29) is 0 Å². The molecule has 5 heteroatoms. The molecule has 3 rings (SSSR count). The summed E-state index contributed by atoms with van der Waals surface area (Å²) in [6.07, 6.45) is 0.771. The van der Waals surface area contributed by atoms with E-state index in [9.17, 15) is 8.42 Å². The van der Waals surface area contributed by atoms with Gasteiger partial charge in [-0.15, -0.1) is 0 Å². The molecule has 0 radical (unpaired) electrons. The van der Waals surface area contributed by atoms with E-state index in [0.29, 0.717) is 11.4 Å². The van der Waals surface area contributed by atoms with Crippen LogP contribution in [-0.4, -0.2) is 15.0 Å². The highest BCUT2D eigenvalue weighted by atomic mass is 79.9. The van der Waals surface area contributed by atoms with E-state index < -0.39 is 10.0 Å². The molecule has 0 saturated heterocycles. The van der Waals surface area contributed by atoms with Gasteiger partial charge in [0.2, 0.25) is 0 Å². The first-order valence-corrected chi connectivity index (χ1v) is 8.60. The molecule has 1 aliphatic rings. The number of halogens is 1. The highest BCUT2D eigenvalue weighted by Gasteiger charge is 2.31. The van der Waals surface area contributed by atoms with Gasteiger partial charge in [-0.1, -0.05) is 34.1 Å². The summed E-state index contributed by atoms with van der Waals surface area (Å²) in [5.74, 6) is 0. The maximum Gasteiger partial charge on any atom is 0.264 e. The lowest BCUT2D eigenvalue weighted by Crippen LogP contribution is -2.29. The van der Waals surface area contributed by atoms with Crippen LogP contribution in [0.1, 0.15) is 11.1 Å². The van der Waals surface area contributed by atoms with Crippen molar-refractivity contribution in [2.45, 2.75) is 18.2 Å². The summed E-state index contributed by atoms with van der Waals surface area (Å²) < 4.78 is 27.9. The van der Waals surface area contributed by atoms with E-state index in [0.717, 1.165) is 27.7 Å². The smallest absolute Gasteiger partial charge is 0.264 e. The second-order valence-electron chi connectivity index (χ2n) is 4.86. The first-order valence-electron chi connectivity index (χ1n) is 6.37. The van der Waals surface area contributed by atoms with Crippen LogP contribution in [0.25, 0.3) is 0 Å². The van der Waals surface area contributed by atoms with Crippen LogP contribution in [0.2, 0.25) is 0 Å². The number of hydrogen-bond donors (Lipinski definition) is 0. The van der Waals surface area contributed by atoms with Crippen molar-refractivity contribution in [2.24, 2.45) is 0 Å². The van der Waals surface area contributed by atoms with E-state index in [1.165, 1.54) is 4.31 Å². The van der Waals surface area contributed by atoms with E-state index in [1.807, 2.05) is 25.1 Å². The normalized spacial score (nSPS) is 14.4. The highest BCUT2D eigenvalue weighted by Crippen LogP contribution is 2.35. The summed E-state index contributed by atoms with van der Waals surface area (Å²) >= 11 is 3.32. The zero-order valence-corrected chi connectivity index (χ0v) is 13.4. The molecule has 0 atom stereocenters. The summed E-state index contributed by atoms with van der Waals surface area (Å²) in [4.78, 5) is 0.330. The first-order chi connectivity index (χ1) is 9.50. The molecule has 0 aliphatic carbocycles. The van der Waals surface area contributed by atoms with E-state index >= 15 is 0 Å². The summed E-state index contributed by atoms with van der Waals surface area (Å²) in [5.41, 5.74) is 2.95. The van der Waals surface area contributed by atoms with Gasteiger partial charge in [0, 0.05) is 11.0 Å². The third kappa shape index (κ3) is 2.15. The molecule has 104 valence electrons. The number of hydrogen-bond acceptors (Lipinski definition) is 2. The predicted octanol–water partition coefficient (Wildman–Crippen LogP) is 3.51. The van der Waals surface area contributed by atoms with Crippen molar-refractivity contribution in [3.05, 3.63) is 58.1 Å². The van der Waals surface area contributed by atoms with Crippen LogP contribution in [0.15, 0.2) is 51.8 Å². The fraction of sp³-hybridized carbons (Fsp3) is 0.200. The van der Waals surface area contributed by atoms with Crippen LogP contribution < -0.4 is 4.31 Å². The standard InChI is InChI=1S/C15H14BrNO2S/c1-11-3-2-4-12-9-10-17(15(11)12)20(18,19)14-7-5-13(16)6-8-14/h2-8H,9-10H2,1H3. The SMILES string of the molecule is Cc1cccc2c1N(S(=O)(=O)c1ccc(Br)cc1)CC2. The summed E-state index contributed by atoms with van der Waals surface area (Å²) in [6.45, 7) is 2.47. The maximum absolute atomic E-state index is 12.8. The minimum absolute atomic E-state index is 0.330. The third-order valence-electron chi connectivity index (χ3n) is 3.56. The fourth-order valence-electron chi connectivity index (χ4n) is 2.59. The summed E-state index contributed by atoms with van der Waals surface area (Å²) in [5, 5.41) is 0. The molecule has 0 fully saturated rings. The quantitative estimate of drug-likeness (QED) is 0.830. The van der Waals surface area contributed by atoms with Gasteiger partial charge >= 0.3 is 0 Å². The Morgan fingerprint density at radius 2 is 1.80 bits per heavy atom. The Kier molecular flexibility index (Phi) is 3.34. The molecular weight excluding hydrogens is 338 g/mol. The number of benzene rings is 2. The average molecular weight is 352 g/mol. The Balaban J connectivity index is 2.09. The average Bonchev–Trinajstić information content (AvgIpc) is 2.85. The molecule has 0 spiro atoms. The number of para-hydroxylation sites is 1. The summed E-state index contributed by atoms with van der Waals surface area (Å²) in [7, 11) is -3.48. The van der Waals surface area contributed by atoms with Gasteiger partial charge in [-0.3, -0.25) is 4.31 Å². The second-order valence-corrected chi connectivity index (χ2v) is 7.64. The molecule has 0 saturated carbocycles.